The van der Waals surface area contributed by atoms with Gasteiger partial charge < -0.3 is 0 Å². The molecule has 0 fully saturated rings. The fourth-order valence-electron chi connectivity index (χ4n) is 1.59. The van der Waals surface area contributed by atoms with Crippen molar-refractivity contribution in [2.24, 2.45) is 0 Å². The third-order valence-corrected chi connectivity index (χ3v) is 4.12. The number of fused-ring (bicyclic) bond motifs is 1. The molecular weight excluding hydrogens is 282 g/mol. The highest BCUT2D eigenvalue weighted by molar-refractivity contribution is 7.86. The maximum absolute atomic E-state index is 11.1. The van der Waals surface area contributed by atoms with Crippen molar-refractivity contribution >= 4 is 31.0 Å². The number of hydrogen-bond acceptors (Lipinski definition) is 5. The molecule has 0 aliphatic rings. The lowest BCUT2D eigenvalue weighted by Crippen LogP contribution is -2.04. The van der Waals surface area contributed by atoms with E-state index in [4.69, 9.17) is 9.11 Å². The van der Waals surface area contributed by atoms with Crippen molar-refractivity contribution in [3.05, 3.63) is 30.6 Å². The molecule has 0 saturated heterocycles. The zero-order valence-corrected chi connectivity index (χ0v) is 10.3. The molecule has 0 amide bonds. The lowest BCUT2D eigenvalue weighted by Gasteiger charge is -2.06. The van der Waals surface area contributed by atoms with E-state index in [0.29, 0.717) is 0 Å². The molecule has 0 atom stereocenters. The normalized spacial score (nSPS) is 12.8. The molecule has 1 aromatic carbocycles. The first-order chi connectivity index (χ1) is 8.21. The quantitative estimate of drug-likeness (QED) is 0.781. The summed E-state index contributed by atoms with van der Waals surface area (Å²) in [4.78, 5) is 2.73. The summed E-state index contributed by atoms with van der Waals surface area (Å²) in [7, 11) is -9.00. The van der Waals surface area contributed by atoms with Crippen LogP contribution in [0.5, 0.6) is 0 Å². The molecule has 7 nitrogen and oxygen atoms in total. The number of benzene rings is 1. The van der Waals surface area contributed by atoms with Crippen molar-refractivity contribution in [1.29, 1.82) is 0 Å². The van der Waals surface area contributed by atoms with E-state index in [0.717, 1.165) is 18.3 Å². The summed E-state index contributed by atoms with van der Waals surface area (Å²) in [6.07, 6.45) is 2.33. The standard InChI is InChI=1S/C9H7NO6S2/c11-17(12,13)8-1-2-9(18(14,15)16)7-5-10-4-3-6(7)8/h1-5H,(H,11,12,13)(H,14,15,16). The van der Waals surface area contributed by atoms with Gasteiger partial charge in [0.25, 0.3) is 20.2 Å². The summed E-state index contributed by atoms with van der Waals surface area (Å²) in [5.74, 6) is 0. The summed E-state index contributed by atoms with van der Waals surface area (Å²) < 4.78 is 62.5. The van der Waals surface area contributed by atoms with Gasteiger partial charge in [0.15, 0.2) is 0 Å². The molecular formula is C9H7NO6S2. The van der Waals surface area contributed by atoms with Crippen LogP contribution in [0.1, 0.15) is 0 Å². The van der Waals surface area contributed by atoms with Crippen LogP contribution in [-0.2, 0) is 20.2 Å². The van der Waals surface area contributed by atoms with Crippen molar-refractivity contribution in [3.63, 3.8) is 0 Å². The first-order valence-electron chi connectivity index (χ1n) is 4.53. The van der Waals surface area contributed by atoms with Crippen LogP contribution in [0.3, 0.4) is 0 Å². The number of nitrogens with zero attached hydrogens (tertiary/aromatic N) is 1. The summed E-state index contributed by atoms with van der Waals surface area (Å²) in [5, 5.41) is -0.127. The van der Waals surface area contributed by atoms with Gasteiger partial charge in [-0.15, -0.1) is 0 Å². The second-order valence-electron chi connectivity index (χ2n) is 3.43. The maximum Gasteiger partial charge on any atom is 0.295 e. The third kappa shape index (κ3) is 2.20. The van der Waals surface area contributed by atoms with Gasteiger partial charge in [0.05, 0.1) is 0 Å². The smallest absolute Gasteiger partial charge is 0.282 e. The molecule has 1 aromatic heterocycles. The van der Waals surface area contributed by atoms with Crippen LogP contribution in [0, 0.1) is 0 Å². The van der Waals surface area contributed by atoms with Crippen molar-refractivity contribution in [3.8, 4) is 0 Å². The van der Waals surface area contributed by atoms with E-state index in [9.17, 15) is 16.8 Å². The Balaban J connectivity index is 3.01. The summed E-state index contributed by atoms with van der Waals surface area (Å²) in [6, 6.07) is 3.02. The second-order valence-corrected chi connectivity index (χ2v) is 6.21. The Hall–Kier alpha value is -1.55. The zero-order chi connectivity index (χ0) is 13.6. The fraction of sp³-hybridized carbons (Fsp3) is 0. The topological polar surface area (TPSA) is 122 Å². The molecule has 2 rings (SSSR count). The van der Waals surface area contributed by atoms with Gasteiger partial charge in [0.2, 0.25) is 0 Å². The molecule has 0 aliphatic carbocycles. The number of rotatable bonds is 2. The molecule has 18 heavy (non-hydrogen) atoms. The molecule has 0 spiro atoms. The minimum atomic E-state index is -4.51. The molecule has 0 bridgehead atoms. The van der Waals surface area contributed by atoms with Crippen LogP contribution in [0.4, 0.5) is 0 Å². The van der Waals surface area contributed by atoms with Gasteiger partial charge in [-0.1, -0.05) is 0 Å². The Labute approximate surface area is 103 Å². The van der Waals surface area contributed by atoms with E-state index in [1.54, 1.807) is 0 Å². The number of hydrogen-bond donors (Lipinski definition) is 2. The average Bonchev–Trinajstić information content (AvgIpc) is 2.24. The van der Waals surface area contributed by atoms with Gasteiger partial charge in [-0.2, -0.15) is 16.8 Å². The van der Waals surface area contributed by atoms with Gasteiger partial charge in [0.1, 0.15) is 9.79 Å². The van der Waals surface area contributed by atoms with Gasteiger partial charge in [-0.3, -0.25) is 14.1 Å². The Morgan fingerprint density at radius 3 is 1.83 bits per heavy atom. The Bertz CT molecular complexity index is 755. The average molecular weight is 289 g/mol. The number of aromatic nitrogens is 1. The van der Waals surface area contributed by atoms with Gasteiger partial charge in [0, 0.05) is 23.2 Å². The van der Waals surface area contributed by atoms with Gasteiger partial charge in [-0.05, 0) is 18.2 Å². The predicted molar refractivity (Wildman–Crippen MR) is 61.4 cm³/mol. The van der Waals surface area contributed by atoms with Crippen molar-refractivity contribution in [1.82, 2.24) is 4.98 Å². The minimum absolute atomic E-state index is 0.0392. The predicted octanol–water partition coefficient (Wildman–Crippen LogP) is 0.728. The van der Waals surface area contributed by atoms with Gasteiger partial charge >= 0.3 is 0 Å². The second kappa shape index (κ2) is 3.99. The molecule has 0 aliphatic heterocycles. The van der Waals surface area contributed by atoms with E-state index in [2.05, 4.69) is 4.98 Å². The molecule has 0 radical (unpaired) electrons. The van der Waals surface area contributed by atoms with Crippen LogP contribution in [0.15, 0.2) is 40.4 Å². The minimum Gasteiger partial charge on any atom is -0.282 e. The molecule has 2 N–H and O–H groups in total. The van der Waals surface area contributed by atoms with Crippen LogP contribution >= 0.6 is 0 Å². The van der Waals surface area contributed by atoms with Crippen molar-refractivity contribution in [2.75, 3.05) is 0 Å². The molecule has 2 aromatic rings. The molecule has 0 unspecified atom stereocenters. The van der Waals surface area contributed by atoms with Crippen LogP contribution in [-0.4, -0.2) is 30.9 Å². The highest BCUT2D eigenvalue weighted by Crippen LogP contribution is 2.27. The Morgan fingerprint density at radius 2 is 1.33 bits per heavy atom. The monoisotopic (exact) mass is 289 g/mol. The number of pyridine rings is 1. The van der Waals surface area contributed by atoms with E-state index in [1.807, 2.05) is 0 Å². The third-order valence-electron chi connectivity index (χ3n) is 2.29. The zero-order valence-electron chi connectivity index (χ0n) is 8.68. The SMILES string of the molecule is O=S(=O)(O)c1ccc(S(=O)(=O)O)c2cnccc12. The lowest BCUT2D eigenvalue weighted by molar-refractivity contribution is 0.480. The van der Waals surface area contributed by atoms with Crippen LogP contribution in [0.25, 0.3) is 10.8 Å². The van der Waals surface area contributed by atoms with Gasteiger partial charge in [-0.25, -0.2) is 0 Å². The first-order valence-corrected chi connectivity index (χ1v) is 7.41. The van der Waals surface area contributed by atoms with E-state index < -0.39 is 30.0 Å². The van der Waals surface area contributed by atoms with E-state index in [1.165, 1.54) is 12.3 Å². The molecule has 96 valence electrons. The Kier molecular flexibility index (Phi) is 2.86. The molecule has 0 saturated carbocycles. The highest BCUT2D eigenvalue weighted by atomic mass is 32.2. The van der Waals surface area contributed by atoms with Crippen molar-refractivity contribution in [2.45, 2.75) is 9.79 Å². The van der Waals surface area contributed by atoms with Crippen LogP contribution in [0.2, 0.25) is 0 Å². The lowest BCUT2D eigenvalue weighted by atomic mass is 10.2. The Morgan fingerprint density at radius 1 is 0.833 bits per heavy atom. The van der Waals surface area contributed by atoms with Crippen molar-refractivity contribution < 1.29 is 25.9 Å². The van der Waals surface area contributed by atoms with E-state index in [-0.39, 0.29) is 10.8 Å². The summed E-state index contributed by atoms with van der Waals surface area (Å²) in [6.45, 7) is 0. The highest BCUT2D eigenvalue weighted by Gasteiger charge is 2.20. The summed E-state index contributed by atoms with van der Waals surface area (Å²) >= 11 is 0. The van der Waals surface area contributed by atoms with E-state index >= 15 is 0 Å². The van der Waals surface area contributed by atoms with Crippen LogP contribution < -0.4 is 0 Å². The largest absolute Gasteiger partial charge is 0.295 e. The molecule has 1 heterocycles. The summed E-state index contributed by atoms with van der Waals surface area (Å²) in [5.41, 5.74) is 0. The first kappa shape index (κ1) is 12.9. The maximum atomic E-state index is 11.1. The molecule has 9 heteroatoms. The fourth-order valence-corrected chi connectivity index (χ4v) is 2.96.